The fourth-order valence-electron chi connectivity index (χ4n) is 2.13. The lowest BCUT2D eigenvalue weighted by molar-refractivity contribution is -0.150. The van der Waals surface area contributed by atoms with Gasteiger partial charge in [-0.1, -0.05) is 0 Å². The molecule has 1 saturated carbocycles. The molecular weight excluding hydrogens is 182 g/mol. The lowest BCUT2D eigenvalue weighted by atomic mass is 9.85. The van der Waals surface area contributed by atoms with E-state index in [1.165, 1.54) is 7.11 Å². The Morgan fingerprint density at radius 1 is 1.64 bits per heavy atom. The SMILES string of the molecule is COC(=O)[C@@H]1C(O)CC[C@H]1[C@@H](C)C#N. The summed E-state index contributed by atoms with van der Waals surface area (Å²) in [6.07, 6.45) is 0.648. The molecule has 0 radical (unpaired) electrons. The minimum absolute atomic E-state index is 0.0672. The predicted molar refractivity (Wildman–Crippen MR) is 49.0 cm³/mol. The lowest BCUT2D eigenvalue weighted by Crippen LogP contribution is -2.31. The van der Waals surface area contributed by atoms with Crippen LogP contribution in [0.4, 0.5) is 0 Å². The van der Waals surface area contributed by atoms with E-state index in [1.807, 2.05) is 0 Å². The molecule has 4 nitrogen and oxygen atoms in total. The summed E-state index contributed by atoms with van der Waals surface area (Å²) >= 11 is 0. The number of esters is 1. The number of methoxy groups -OCH3 is 1. The van der Waals surface area contributed by atoms with Crippen molar-refractivity contribution < 1.29 is 14.6 Å². The third-order valence-electron chi connectivity index (χ3n) is 2.99. The van der Waals surface area contributed by atoms with Crippen LogP contribution in [0.25, 0.3) is 0 Å². The third kappa shape index (κ3) is 1.88. The molecule has 1 aliphatic carbocycles. The molecule has 4 heteroatoms. The third-order valence-corrected chi connectivity index (χ3v) is 2.99. The molecule has 1 fully saturated rings. The molecule has 0 aromatic carbocycles. The normalized spacial score (nSPS) is 33.4. The number of aliphatic hydroxyl groups excluding tert-OH is 1. The van der Waals surface area contributed by atoms with E-state index in [-0.39, 0.29) is 11.8 Å². The highest BCUT2D eigenvalue weighted by molar-refractivity contribution is 5.73. The first-order chi connectivity index (χ1) is 6.61. The highest BCUT2D eigenvalue weighted by Crippen LogP contribution is 2.37. The summed E-state index contributed by atoms with van der Waals surface area (Å²) in [5.74, 6) is -1.20. The van der Waals surface area contributed by atoms with Crippen LogP contribution in [0.5, 0.6) is 0 Å². The number of hydrogen-bond donors (Lipinski definition) is 1. The van der Waals surface area contributed by atoms with Gasteiger partial charge in [-0.3, -0.25) is 4.79 Å². The Balaban J connectivity index is 2.77. The van der Waals surface area contributed by atoms with E-state index in [2.05, 4.69) is 10.8 Å². The van der Waals surface area contributed by atoms with Crippen molar-refractivity contribution in [1.29, 1.82) is 5.26 Å². The van der Waals surface area contributed by atoms with Crippen LogP contribution in [0, 0.1) is 29.1 Å². The average molecular weight is 197 g/mol. The van der Waals surface area contributed by atoms with E-state index in [4.69, 9.17) is 5.26 Å². The average Bonchev–Trinajstić information content (AvgIpc) is 2.58. The van der Waals surface area contributed by atoms with Crippen molar-refractivity contribution in [2.75, 3.05) is 7.11 Å². The van der Waals surface area contributed by atoms with Gasteiger partial charge in [0.1, 0.15) is 0 Å². The molecule has 1 unspecified atom stereocenters. The zero-order valence-corrected chi connectivity index (χ0v) is 8.43. The second-order valence-electron chi connectivity index (χ2n) is 3.78. The lowest BCUT2D eigenvalue weighted by Gasteiger charge is -2.20. The second kappa shape index (κ2) is 4.43. The highest BCUT2D eigenvalue weighted by atomic mass is 16.5. The Bertz CT molecular complexity index is 259. The van der Waals surface area contributed by atoms with Crippen LogP contribution < -0.4 is 0 Å². The first-order valence-corrected chi connectivity index (χ1v) is 4.77. The first-order valence-electron chi connectivity index (χ1n) is 4.77. The standard InChI is InChI=1S/C10H15NO3/c1-6(5-11)7-3-4-8(12)9(7)10(13)14-2/h6-9,12H,3-4H2,1-2H3/t6-,7-,8?,9-/m0/s1. The van der Waals surface area contributed by atoms with E-state index in [0.717, 1.165) is 6.42 Å². The Morgan fingerprint density at radius 2 is 2.29 bits per heavy atom. The fraction of sp³-hybridized carbons (Fsp3) is 0.800. The summed E-state index contributed by atoms with van der Waals surface area (Å²) in [5, 5.41) is 18.4. The zero-order chi connectivity index (χ0) is 10.7. The van der Waals surface area contributed by atoms with E-state index >= 15 is 0 Å². The molecule has 78 valence electrons. The monoisotopic (exact) mass is 197 g/mol. The molecule has 1 N–H and O–H groups in total. The first kappa shape index (κ1) is 11.0. The van der Waals surface area contributed by atoms with Crippen LogP contribution in [0.1, 0.15) is 19.8 Å². The van der Waals surface area contributed by atoms with Gasteiger partial charge in [-0.15, -0.1) is 0 Å². The quantitative estimate of drug-likeness (QED) is 0.662. The van der Waals surface area contributed by atoms with Gasteiger partial charge in [0.05, 0.1) is 25.2 Å². The number of nitriles is 1. The van der Waals surface area contributed by atoms with Gasteiger partial charge < -0.3 is 9.84 Å². The van der Waals surface area contributed by atoms with Gasteiger partial charge in [0.15, 0.2) is 0 Å². The van der Waals surface area contributed by atoms with Crippen LogP contribution in [-0.4, -0.2) is 24.3 Å². The van der Waals surface area contributed by atoms with Gasteiger partial charge in [0, 0.05) is 5.92 Å². The molecule has 0 aliphatic heterocycles. The van der Waals surface area contributed by atoms with Crippen molar-refractivity contribution >= 4 is 5.97 Å². The maximum Gasteiger partial charge on any atom is 0.311 e. The van der Waals surface area contributed by atoms with Crippen LogP contribution in [-0.2, 0) is 9.53 Å². The second-order valence-corrected chi connectivity index (χ2v) is 3.78. The number of rotatable bonds is 2. The molecule has 14 heavy (non-hydrogen) atoms. The molecule has 0 amide bonds. The van der Waals surface area contributed by atoms with Crippen molar-refractivity contribution in [3.05, 3.63) is 0 Å². The summed E-state index contributed by atoms with van der Waals surface area (Å²) in [4.78, 5) is 11.4. The summed E-state index contributed by atoms with van der Waals surface area (Å²) in [6.45, 7) is 1.78. The maximum absolute atomic E-state index is 11.4. The van der Waals surface area contributed by atoms with Crippen molar-refractivity contribution in [2.45, 2.75) is 25.9 Å². The van der Waals surface area contributed by atoms with E-state index in [1.54, 1.807) is 6.92 Å². The summed E-state index contributed by atoms with van der Waals surface area (Å²) in [5.41, 5.74) is 0. The van der Waals surface area contributed by atoms with Crippen LogP contribution >= 0.6 is 0 Å². The Hall–Kier alpha value is -1.08. The Kier molecular flexibility index (Phi) is 3.48. The summed E-state index contributed by atoms with van der Waals surface area (Å²) < 4.78 is 4.62. The topological polar surface area (TPSA) is 70.3 Å². The van der Waals surface area contributed by atoms with Crippen LogP contribution in [0.2, 0.25) is 0 Å². The number of nitrogens with zero attached hydrogens (tertiary/aromatic N) is 1. The van der Waals surface area contributed by atoms with E-state index < -0.39 is 18.0 Å². The fourth-order valence-corrected chi connectivity index (χ4v) is 2.13. The minimum atomic E-state index is -0.650. The Labute approximate surface area is 83.5 Å². The molecule has 0 spiro atoms. The summed E-state index contributed by atoms with van der Waals surface area (Å²) in [6, 6.07) is 2.12. The number of ether oxygens (including phenoxy) is 1. The van der Waals surface area contributed by atoms with E-state index in [9.17, 15) is 9.90 Å². The zero-order valence-electron chi connectivity index (χ0n) is 8.43. The van der Waals surface area contributed by atoms with Gasteiger partial charge in [-0.25, -0.2) is 0 Å². The number of aliphatic hydroxyl groups is 1. The van der Waals surface area contributed by atoms with Crippen LogP contribution in [0.15, 0.2) is 0 Å². The molecule has 0 bridgehead atoms. The molecule has 4 atom stereocenters. The molecule has 0 heterocycles. The maximum atomic E-state index is 11.4. The van der Waals surface area contributed by atoms with Gasteiger partial charge in [0.25, 0.3) is 0 Å². The number of carbonyl (C=O) groups is 1. The van der Waals surface area contributed by atoms with E-state index in [0.29, 0.717) is 6.42 Å². The van der Waals surface area contributed by atoms with Gasteiger partial charge >= 0.3 is 5.97 Å². The molecule has 1 rings (SSSR count). The number of hydrogen-bond acceptors (Lipinski definition) is 4. The molecule has 1 aliphatic rings. The molecule has 0 aromatic heterocycles. The predicted octanol–water partition coefficient (Wildman–Crippen LogP) is 0.706. The van der Waals surface area contributed by atoms with Crippen molar-refractivity contribution in [2.24, 2.45) is 17.8 Å². The Morgan fingerprint density at radius 3 is 2.79 bits per heavy atom. The van der Waals surface area contributed by atoms with Crippen molar-refractivity contribution in [1.82, 2.24) is 0 Å². The van der Waals surface area contributed by atoms with Gasteiger partial charge in [-0.05, 0) is 25.7 Å². The largest absolute Gasteiger partial charge is 0.469 e. The molecular formula is C10H15NO3. The molecule has 0 aromatic rings. The van der Waals surface area contributed by atoms with Crippen molar-refractivity contribution in [3.63, 3.8) is 0 Å². The van der Waals surface area contributed by atoms with Gasteiger partial charge in [-0.2, -0.15) is 5.26 Å². The van der Waals surface area contributed by atoms with Crippen molar-refractivity contribution in [3.8, 4) is 6.07 Å². The number of carbonyl (C=O) groups excluding carboxylic acids is 1. The summed E-state index contributed by atoms with van der Waals surface area (Å²) in [7, 11) is 1.31. The smallest absolute Gasteiger partial charge is 0.311 e. The minimum Gasteiger partial charge on any atom is -0.469 e. The highest BCUT2D eigenvalue weighted by Gasteiger charge is 2.43. The molecule has 0 saturated heterocycles. The van der Waals surface area contributed by atoms with Crippen LogP contribution in [0.3, 0.4) is 0 Å². The van der Waals surface area contributed by atoms with Gasteiger partial charge in [0.2, 0.25) is 0 Å².